The van der Waals surface area contributed by atoms with Gasteiger partial charge in [0.2, 0.25) is 0 Å². The Kier molecular flexibility index (Phi) is 7.87. The number of imidazole rings is 1. The van der Waals surface area contributed by atoms with Gasteiger partial charge in [-0.1, -0.05) is 23.7 Å². The van der Waals surface area contributed by atoms with Crippen LogP contribution in [0.15, 0.2) is 55.0 Å². The van der Waals surface area contributed by atoms with E-state index < -0.39 is 0 Å². The van der Waals surface area contributed by atoms with Crippen molar-refractivity contribution in [2.45, 2.75) is 38.6 Å². The Morgan fingerprint density at radius 3 is 2.76 bits per heavy atom. The number of fused-ring (bicyclic) bond motifs is 1. The molecular weight excluding hydrogens is 452 g/mol. The second kappa shape index (κ2) is 11.2. The molecule has 0 fully saturated rings. The molecule has 4 N–H and O–H groups in total. The molecule has 2 aromatic carbocycles. The molecule has 1 amide bonds. The molecule has 2 aromatic heterocycles. The van der Waals surface area contributed by atoms with Gasteiger partial charge in [0.1, 0.15) is 11.4 Å². The molecule has 4 rings (SSSR count). The fraction of sp³-hybridized carbons (Fsp3) is 0.308. The first-order valence-electron chi connectivity index (χ1n) is 11.4. The lowest BCUT2D eigenvalue weighted by atomic mass is 10.0. The highest BCUT2D eigenvalue weighted by atomic mass is 35.5. The number of benzene rings is 2. The minimum atomic E-state index is -0.360. The fourth-order valence-electron chi connectivity index (χ4n) is 4.06. The molecule has 0 unspecified atom stereocenters. The van der Waals surface area contributed by atoms with E-state index in [0.717, 1.165) is 45.8 Å². The molecule has 0 radical (unpaired) electrons. The van der Waals surface area contributed by atoms with Crippen molar-refractivity contribution >= 4 is 28.4 Å². The average Bonchev–Trinajstić information content (AvgIpc) is 3.48. The summed E-state index contributed by atoms with van der Waals surface area (Å²) in [5, 5.41) is 14.5. The minimum Gasteiger partial charge on any atom is -0.494 e. The highest BCUT2D eigenvalue weighted by molar-refractivity contribution is 6.30. The number of carbonyl (C=O) groups excluding carboxylic acids is 1. The number of nitrogens with one attached hydrogen (secondary N) is 3. The number of aromatic amines is 2. The van der Waals surface area contributed by atoms with Gasteiger partial charge in [0, 0.05) is 27.8 Å². The predicted molar refractivity (Wildman–Crippen MR) is 134 cm³/mol. The zero-order valence-corrected chi connectivity index (χ0v) is 19.9. The van der Waals surface area contributed by atoms with E-state index in [1.807, 2.05) is 43.3 Å². The highest BCUT2D eigenvalue weighted by Gasteiger charge is 2.17. The van der Waals surface area contributed by atoms with Crippen molar-refractivity contribution in [3.05, 3.63) is 82.5 Å². The zero-order valence-electron chi connectivity index (χ0n) is 19.1. The minimum absolute atomic E-state index is 0.139. The van der Waals surface area contributed by atoms with Gasteiger partial charge in [-0.15, -0.1) is 0 Å². The topological polar surface area (TPSA) is 103 Å². The number of halogens is 1. The van der Waals surface area contributed by atoms with Gasteiger partial charge >= 0.3 is 0 Å². The average molecular weight is 481 g/mol. The lowest BCUT2D eigenvalue weighted by Gasteiger charge is -2.15. The summed E-state index contributed by atoms with van der Waals surface area (Å²) in [4.78, 5) is 22.4. The summed E-state index contributed by atoms with van der Waals surface area (Å²) in [5.74, 6) is 0.527. The Balaban J connectivity index is 1.35. The molecule has 0 aliphatic rings. The highest BCUT2D eigenvalue weighted by Crippen LogP contribution is 2.28. The fourth-order valence-corrected chi connectivity index (χ4v) is 4.19. The van der Waals surface area contributed by atoms with Crippen LogP contribution in [0.4, 0.5) is 0 Å². The molecule has 4 aromatic rings. The van der Waals surface area contributed by atoms with Gasteiger partial charge in [0.25, 0.3) is 5.91 Å². The number of H-pyrrole nitrogens is 2. The van der Waals surface area contributed by atoms with E-state index in [2.05, 4.69) is 26.3 Å². The molecule has 0 spiro atoms. The van der Waals surface area contributed by atoms with E-state index in [9.17, 15) is 9.90 Å². The van der Waals surface area contributed by atoms with Crippen LogP contribution in [0.25, 0.3) is 10.9 Å². The van der Waals surface area contributed by atoms with Crippen molar-refractivity contribution in [3.63, 3.8) is 0 Å². The van der Waals surface area contributed by atoms with Crippen LogP contribution in [0, 0.1) is 6.92 Å². The zero-order chi connectivity index (χ0) is 23.9. The predicted octanol–water partition coefficient (Wildman–Crippen LogP) is 4.59. The van der Waals surface area contributed by atoms with E-state index in [-0.39, 0.29) is 18.6 Å². The lowest BCUT2D eigenvalue weighted by Crippen LogP contribution is -2.38. The Labute approximate surface area is 203 Å². The Morgan fingerprint density at radius 1 is 1.21 bits per heavy atom. The summed E-state index contributed by atoms with van der Waals surface area (Å²) in [6.07, 6.45) is 6.14. The van der Waals surface area contributed by atoms with Gasteiger partial charge in [-0.2, -0.15) is 0 Å². The number of ether oxygens (including phenoxy) is 1. The van der Waals surface area contributed by atoms with Crippen LogP contribution in [0.1, 0.15) is 40.2 Å². The number of aryl methyl sites for hydroxylation is 3. The number of hydrogen-bond acceptors (Lipinski definition) is 4. The second-order valence-electron chi connectivity index (χ2n) is 8.36. The standard InChI is InChI=1S/C26H29ClN4O3/c1-17-22(10-8-20(15-32)31-26(33)25-14-28-16-29-25)23-13-21(9-11-24(23)30-17)34-12-2-3-18-4-6-19(27)7-5-18/h4-7,9,11,13-14,16,20,30,32H,2-3,8,10,12,15H2,1H3,(H,28,29)(H,31,33)/t20-/m1/s1. The third-order valence-corrected chi connectivity index (χ3v) is 6.16. The SMILES string of the molecule is Cc1[nH]c2ccc(OCCCc3ccc(Cl)cc3)cc2c1CC[C@H](CO)NC(=O)c1c[nH]cn1. The summed E-state index contributed by atoms with van der Waals surface area (Å²) in [5.41, 5.74) is 4.82. The molecular formula is C26H29ClN4O3. The van der Waals surface area contributed by atoms with Crippen LogP contribution in [0.5, 0.6) is 5.75 Å². The largest absolute Gasteiger partial charge is 0.494 e. The number of rotatable bonds is 11. The van der Waals surface area contributed by atoms with Crippen LogP contribution < -0.4 is 10.1 Å². The van der Waals surface area contributed by atoms with Crippen LogP contribution in [-0.4, -0.2) is 45.2 Å². The Morgan fingerprint density at radius 2 is 2.03 bits per heavy atom. The van der Waals surface area contributed by atoms with Gasteiger partial charge in [0.05, 0.1) is 25.6 Å². The monoisotopic (exact) mass is 480 g/mol. The van der Waals surface area contributed by atoms with Crippen molar-refractivity contribution in [2.24, 2.45) is 0 Å². The summed E-state index contributed by atoms with van der Waals surface area (Å²) < 4.78 is 6.02. The number of aliphatic hydroxyl groups is 1. The van der Waals surface area contributed by atoms with Crippen molar-refractivity contribution in [1.29, 1.82) is 0 Å². The maximum Gasteiger partial charge on any atom is 0.271 e. The molecule has 2 heterocycles. The van der Waals surface area contributed by atoms with Gasteiger partial charge in [-0.25, -0.2) is 4.98 Å². The maximum atomic E-state index is 12.3. The summed E-state index contributed by atoms with van der Waals surface area (Å²) in [6, 6.07) is 13.6. The number of hydrogen-bond donors (Lipinski definition) is 4. The van der Waals surface area contributed by atoms with E-state index in [1.54, 1.807) is 0 Å². The molecule has 0 aliphatic carbocycles. The van der Waals surface area contributed by atoms with Crippen LogP contribution in [-0.2, 0) is 12.8 Å². The number of aliphatic hydroxyl groups excluding tert-OH is 1. The first-order valence-corrected chi connectivity index (χ1v) is 11.8. The molecule has 0 bridgehead atoms. The maximum absolute atomic E-state index is 12.3. The van der Waals surface area contributed by atoms with Gasteiger partial charge in [-0.05, 0) is 74.1 Å². The number of amides is 1. The third kappa shape index (κ3) is 5.98. The number of carbonyl (C=O) groups is 1. The lowest BCUT2D eigenvalue weighted by molar-refractivity contribution is 0.0909. The van der Waals surface area contributed by atoms with Gasteiger partial charge in [0.15, 0.2) is 0 Å². The first-order chi connectivity index (χ1) is 16.5. The third-order valence-electron chi connectivity index (χ3n) is 5.91. The molecule has 34 heavy (non-hydrogen) atoms. The van der Waals surface area contributed by atoms with Crippen molar-refractivity contribution < 1.29 is 14.6 Å². The quantitative estimate of drug-likeness (QED) is 0.236. The normalized spacial score (nSPS) is 12.1. The van der Waals surface area contributed by atoms with E-state index in [4.69, 9.17) is 16.3 Å². The Hall–Kier alpha value is -3.29. The molecule has 8 heteroatoms. The van der Waals surface area contributed by atoms with Crippen LogP contribution in [0.2, 0.25) is 5.02 Å². The summed E-state index contributed by atoms with van der Waals surface area (Å²) in [6.45, 7) is 2.52. The Bertz CT molecular complexity index is 1220. The van der Waals surface area contributed by atoms with Crippen molar-refractivity contribution in [3.8, 4) is 5.75 Å². The summed E-state index contributed by atoms with van der Waals surface area (Å²) in [7, 11) is 0. The van der Waals surface area contributed by atoms with E-state index in [0.29, 0.717) is 25.1 Å². The van der Waals surface area contributed by atoms with Gasteiger partial charge in [-0.3, -0.25) is 4.79 Å². The van der Waals surface area contributed by atoms with Crippen molar-refractivity contribution in [2.75, 3.05) is 13.2 Å². The molecule has 0 saturated carbocycles. The molecule has 1 atom stereocenters. The van der Waals surface area contributed by atoms with E-state index >= 15 is 0 Å². The molecule has 178 valence electrons. The van der Waals surface area contributed by atoms with Crippen molar-refractivity contribution in [1.82, 2.24) is 20.3 Å². The van der Waals surface area contributed by atoms with Crippen LogP contribution >= 0.6 is 11.6 Å². The molecule has 7 nitrogen and oxygen atoms in total. The van der Waals surface area contributed by atoms with Crippen LogP contribution in [0.3, 0.4) is 0 Å². The smallest absolute Gasteiger partial charge is 0.271 e. The second-order valence-corrected chi connectivity index (χ2v) is 8.80. The number of aromatic nitrogens is 3. The first kappa shape index (κ1) is 23.9. The molecule has 0 aliphatic heterocycles. The van der Waals surface area contributed by atoms with Gasteiger partial charge < -0.3 is 25.1 Å². The number of nitrogens with zero attached hydrogens (tertiary/aromatic N) is 1. The van der Waals surface area contributed by atoms with E-state index in [1.165, 1.54) is 18.1 Å². The molecule has 0 saturated heterocycles. The summed E-state index contributed by atoms with van der Waals surface area (Å²) >= 11 is 5.94.